The van der Waals surface area contributed by atoms with Gasteiger partial charge in [-0.25, -0.2) is 0 Å². The highest BCUT2D eigenvalue weighted by Gasteiger charge is 2.08. The molecule has 0 atom stereocenters. The summed E-state index contributed by atoms with van der Waals surface area (Å²) in [6, 6.07) is 0. The SMILES string of the molecule is C=CCON1CCCOC1. The van der Waals surface area contributed by atoms with Gasteiger partial charge >= 0.3 is 0 Å². The smallest absolute Gasteiger partial charge is 0.122 e. The molecule has 58 valence electrons. The van der Waals surface area contributed by atoms with E-state index in [0.717, 1.165) is 19.6 Å². The molecule has 0 aromatic heterocycles. The lowest BCUT2D eigenvalue weighted by Gasteiger charge is -2.24. The molecule has 3 nitrogen and oxygen atoms in total. The maximum atomic E-state index is 5.22. The third-order valence-corrected chi connectivity index (χ3v) is 1.31. The van der Waals surface area contributed by atoms with Crippen LogP contribution in [-0.2, 0) is 9.57 Å². The van der Waals surface area contributed by atoms with Crippen LogP contribution in [0, 0.1) is 0 Å². The minimum Gasteiger partial charge on any atom is -0.364 e. The Labute approximate surface area is 61.2 Å². The quantitative estimate of drug-likeness (QED) is 0.545. The number of hydroxylamine groups is 2. The molecule has 1 fully saturated rings. The van der Waals surface area contributed by atoms with Gasteiger partial charge in [-0.3, -0.25) is 4.84 Å². The molecular formula is C7H13NO2. The Hall–Kier alpha value is -0.380. The number of hydrogen-bond donors (Lipinski definition) is 0. The van der Waals surface area contributed by atoms with E-state index in [9.17, 15) is 0 Å². The fraction of sp³-hybridized carbons (Fsp3) is 0.714. The van der Waals surface area contributed by atoms with Crippen molar-refractivity contribution in [2.75, 3.05) is 26.5 Å². The largest absolute Gasteiger partial charge is 0.364 e. The molecule has 0 saturated carbocycles. The van der Waals surface area contributed by atoms with Crippen LogP contribution in [0.4, 0.5) is 0 Å². The number of hydrogen-bond acceptors (Lipinski definition) is 3. The molecule has 0 aromatic rings. The van der Waals surface area contributed by atoms with Crippen molar-refractivity contribution in [1.29, 1.82) is 0 Å². The topological polar surface area (TPSA) is 21.7 Å². The maximum Gasteiger partial charge on any atom is 0.122 e. The molecule has 0 radical (unpaired) electrons. The standard InChI is InChI=1S/C7H13NO2/c1-2-5-10-8-4-3-6-9-7-8/h2H,1,3-7H2. The van der Waals surface area contributed by atoms with Gasteiger partial charge in [-0.1, -0.05) is 6.08 Å². The molecule has 1 aliphatic heterocycles. The summed E-state index contributed by atoms with van der Waals surface area (Å²) in [5.41, 5.74) is 0. The first-order chi connectivity index (χ1) is 4.93. The van der Waals surface area contributed by atoms with Crippen LogP contribution >= 0.6 is 0 Å². The molecule has 1 saturated heterocycles. The second-order valence-corrected chi connectivity index (χ2v) is 2.18. The second-order valence-electron chi connectivity index (χ2n) is 2.18. The highest BCUT2D eigenvalue weighted by Crippen LogP contribution is 2.00. The van der Waals surface area contributed by atoms with Gasteiger partial charge in [0.15, 0.2) is 0 Å². The van der Waals surface area contributed by atoms with E-state index in [2.05, 4.69) is 6.58 Å². The molecule has 0 bridgehead atoms. The molecule has 10 heavy (non-hydrogen) atoms. The Morgan fingerprint density at radius 3 is 3.20 bits per heavy atom. The summed E-state index contributed by atoms with van der Waals surface area (Å²) in [5, 5.41) is 1.81. The molecular weight excluding hydrogens is 130 g/mol. The lowest BCUT2D eigenvalue weighted by Crippen LogP contribution is -2.33. The van der Waals surface area contributed by atoms with E-state index in [4.69, 9.17) is 9.57 Å². The molecule has 0 aromatic carbocycles. The van der Waals surface area contributed by atoms with E-state index in [0.29, 0.717) is 13.3 Å². The van der Waals surface area contributed by atoms with Crippen molar-refractivity contribution >= 4 is 0 Å². The van der Waals surface area contributed by atoms with E-state index in [1.165, 1.54) is 0 Å². The molecule has 0 aliphatic carbocycles. The number of rotatable bonds is 3. The molecule has 0 unspecified atom stereocenters. The van der Waals surface area contributed by atoms with E-state index < -0.39 is 0 Å². The molecule has 1 heterocycles. The fourth-order valence-corrected chi connectivity index (χ4v) is 0.834. The van der Waals surface area contributed by atoms with Gasteiger partial charge in [0.25, 0.3) is 0 Å². The summed E-state index contributed by atoms with van der Waals surface area (Å²) in [5.74, 6) is 0. The van der Waals surface area contributed by atoms with Crippen molar-refractivity contribution in [3.05, 3.63) is 12.7 Å². The number of nitrogens with zero attached hydrogens (tertiary/aromatic N) is 1. The Morgan fingerprint density at radius 2 is 2.60 bits per heavy atom. The van der Waals surface area contributed by atoms with Gasteiger partial charge in [0, 0.05) is 13.2 Å². The normalized spacial score (nSPS) is 20.8. The molecule has 1 aliphatic rings. The van der Waals surface area contributed by atoms with Crippen molar-refractivity contribution in [2.24, 2.45) is 0 Å². The highest BCUT2D eigenvalue weighted by atomic mass is 16.7. The summed E-state index contributed by atoms with van der Waals surface area (Å²) in [6.45, 7) is 6.54. The first-order valence-electron chi connectivity index (χ1n) is 3.50. The summed E-state index contributed by atoms with van der Waals surface area (Å²) in [7, 11) is 0. The average molecular weight is 143 g/mol. The maximum absolute atomic E-state index is 5.22. The predicted molar refractivity (Wildman–Crippen MR) is 38.3 cm³/mol. The van der Waals surface area contributed by atoms with Crippen molar-refractivity contribution in [3.8, 4) is 0 Å². The zero-order valence-electron chi connectivity index (χ0n) is 6.08. The van der Waals surface area contributed by atoms with Gasteiger partial charge in [0.2, 0.25) is 0 Å². The summed E-state index contributed by atoms with van der Waals surface area (Å²) < 4.78 is 5.15. The van der Waals surface area contributed by atoms with Gasteiger partial charge in [-0.05, 0) is 6.42 Å². The van der Waals surface area contributed by atoms with E-state index >= 15 is 0 Å². The Morgan fingerprint density at radius 1 is 1.70 bits per heavy atom. The molecule has 0 spiro atoms. The van der Waals surface area contributed by atoms with Crippen LogP contribution in [0.25, 0.3) is 0 Å². The highest BCUT2D eigenvalue weighted by molar-refractivity contribution is 4.63. The van der Waals surface area contributed by atoms with Crippen LogP contribution in [-0.4, -0.2) is 31.6 Å². The summed E-state index contributed by atoms with van der Waals surface area (Å²) >= 11 is 0. The Balaban J connectivity index is 2.07. The van der Waals surface area contributed by atoms with Crippen molar-refractivity contribution in [3.63, 3.8) is 0 Å². The van der Waals surface area contributed by atoms with Crippen LogP contribution < -0.4 is 0 Å². The van der Waals surface area contributed by atoms with Gasteiger partial charge in [0.05, 0.1) is 6.61 Å². The van der Waals surface area contributed by atoms with Crippen LogP contribution in [0.2, 0.25) is 0 Å². The third-order valence-electron chi connectivity index (χ3n) is 1.31. The first-order valence-corrected chi connectivity index (χ1v) is 3.50. The first kappa shape index (κ1) is 7.72. The third kappa shape index (κ3) is 2.47. The second kappa shape index (κ2) is 4.44. The zero-order valence-corrected chi connectivity index (χ0v) is 6.08. The van der Waals surface area contributed by atoms with Gasteiger partial charge in [-0.15, -0.1) is 6.58 Å². The zero-order chi connectivity index (χ0) is 7.23. The lowest BCUT2D eigenvalue weighted by atomic mass is 10.4. The summed E-state index contributed by atoms with van der Waals surface area (Å²) in [4.78, 5) is 5.22. The minimum atomic E-state index is 0.573. The molecule has 0 amide bonds. The van der Waals surface area contributed by atoms with Gasteiger partial charge in [0.1, 0.15) is 6.73 Å². The van der Waals surface area contributed by atoms with Crippen molar-refractivity contribution < 1.29 is 9.57 Å². The van der Waals surface area contributed by atoms with Crippen LogP contribution in [0.3, 0.4) is 0 Å². The average Bonchev–Trinajstić information content (AvgIpc) is 2.03. The molecule has 1 rings (SSSR count). The fourth-order valence-electron chi connectivity index (χ4n) is 0.834. The minimum absolute atomic E-state index is 0.573. The Kier molecular flexibility index (Phi) is 3.43. The van der Waals surface area contributed by atoms with Crippen molar-refractivity contribution in [2.45, 2.75) is 6.42 Å². The van der Waals surface area contributed by atoms with E-state index in [1.807, 2.05) is 5.06 Å². The van der Waals surface area contributed by atoms with E-state index in [-0.39, 0.29) is 0 Å². The van der Waals surface area contributed by atoms with Gasteiger partial charge < -0.3 is 4.74 Å². The van der Waals surface area contributed by atoms with Crippen molar-refractivity contribution in [1.82, 2.24) is 5.06 Å². The molecule has 3 heteroatoms. The van der Waals surface area contributed by atoms with Crippen LogP contribution in [0.5, 0.6) is 0 Å². The van der Waals surface area contributed by atoms with Crippen LogP contribution in [0.15, 0.2) is 12.7 Å². The summed E-state index contributed by atoms with van der Waals surface area (Å²) in [6.07, 6.45) is 2.78. The molecule has 0 N–H and O–H groups in total. The van der Waals surface area contributed by atoms with Crippen LogP contribution in [0.1, 0.15) is 6.42 Å². The van der Waals surface area contributed by atoms with Gasteiger partial charge in [-0.2, -0.15) is 5.06 Å². The lowest BCUT2D eigenvalue weighted by molar-refractivity contribution is -0.221. The predicted octanol–water partition coefficient (Wildman–Crippen LogP) is 0.784. The Bertz CT molecular complexity index is 99.8. The monoisotopic (exact) mass is 143 g/mol. The number of ether oxygens (including phenoxy) is 1. The van der Waals surface area contributed by atoms with E-state index in [1.54, 1.807) is 6.08 Å².